The molecule has 0 radical (unpaired) electrons. The minimum atomic E-state index is -4.81. The van der Waals surface area contributed by atoms with Crippen LogP contribution >= 0.6 is 0 Å². The molecule has 1 aliphatic rings. The van der Waals surface area contributed by atoms with Gasteiger partial charge < -0.3 is 15.2 Å². The molecule has 0 aromatic carbocycles. The van der Waals surface area contributed by atoms with Crippen molar-refractivity contribution in [1.29, 1.82) is 0 Å². The summed E-state index contributed by atoms with van der Waals surface area (Å²) < 4.78 is 72.8. The van der Waals surface area contributed by atoms with Crippen LogP contribution in [0.25, 0.3) is 22.5 Å². The molecule has 4 aromatic rings. The molecule has 48 heavy (non-hydrogen) atoms. The van der Waals surface area contributed by atoms with Crippen LogP contribution in [-0.4, -0.2) is 84.9 Å². The smallest absolute Gasteiger partial charge is 0.419 e. The summed E-state index contributed by atoms with van der Waals surface area (Å²) in [6.07, 6.45) is 6.49. The molecule has 0 saturated heterocycles. The standard InChI is InChI=1S/C30H34F3N9O5S/c1-29(2,44)17-47-28(43)42(25-15-35-24(14-36-25)19-11-38-41(3)16-19)21-7-5-20(6-8-21)39-27-37-13-23(30(31,32)33)26(40-27)18-9-22(12-34-10-18)48(4,45)46/h9-16,20-21,44H,5-8,17H2,1-4H3,(H,37,39,40). The summed E-state index contributed by atoms with van der Waals surface area (Å²) in [6.45, 7) is 2.77. The lowest BCUT2D eigenvalue weighted by molar-refractivity contribution is -0.137. The minimum Gasteiger partial charge on any atom is -0.446 e. The molecule has 4 aromatic heterocycles. The number of anilines is 2. The molecule has 4 heterocycles. The molecule has 0 aliphatic heterocycles. The van der Waals surface area contributed by atoms with Gasteiger partial charge >= 0.3 is 12.3 Å². The predicted molar refractivity (Wildman–Crippen MR) is 167 cm³/mol. The number of alkyl halides is 3. The van der Waals surface area contributed by atoms with Crippen LogP contribution in [0.1, 0.15) is 45.1 Å². The number of amides is 1. The monoisotopic (exact) mass is 689 g/mol. The van der Waals surface area contributed by atoms with Crippen LogP contribution in [0.5, 0.6) is 0 Å². The van der Waals surface area contributed by atoms with Gasteiger partial charge in [0, 0.05) is 61.3 Å². The van der Waals surface area contributed by atoms with E-state index in [4.69, 9.17) is 4.74 Å². The Kier molecular flexibility index (Phi) is 9.68. The van der Waals surface area contributed by atoms with Gasteiger partial charge in [-0.15, -0.1) is 0 Å². The van der Waals surface area contributed by atoms with Crippen molar-refractivity contribution in [3.05, 3.63) is 55.0 Å². The third-order valence-corrected chi connectivity index (χ3v) is 8.61. The molecule has 1 fully saturated rings. The van der Waals surface area contributed by atoms with E-state index >= 15 is 0 Å². The van der Waals surface area contributed by atoms with Crippen LogP contribution in [0, 0.1) is 0 Å². The molecule has 0 spiro atoms. The van der Waals surface area contributed by atoms with Crippen LogP contribution in [0.4, 0.5) is 29.7 Å². The molecule has 0 unspecified atom stereocenters. The number of nitrogens with one attached hydrogen (secondary N) is 1. The van der Waals surface area contributed by atoms with Crippen molar-refractivity contribution in [2.24, 2.45) is 7.05 Å². The topological polar surface area (TPSA) is 178 Å². The molecule has 0 bridgehead atoms. The lowest BCUT2D eigenvalue weighted by atomic mass is 9.90. The maximum Gasteiger partial charge on any atom is 0.419 e. The summed E-state index contributed by atoms with van der Waals surface area (Å²) in [5.41, 5.74) is -1.75. The number of hydrogen-bond acceptors (Lipinski definition) is 12. The minimum absolute atomic E-state index is 0.0792. The van der Waals surface area contributed by atoms with Gasteiger partial charge in [-0.3, -0.25) is 19.5 Å². The average molecular weight is 690 g/mol. The highest BCUT2D eigenvalue weighted by atomic mass is 32.2. The molecule has 18 heteroatoms. The van der Waals surface area contributed by atoms with Gasteiger partial charge in [0.15, 0.2) is 15.7 Å². The van der Waals surface area contributed by atoms with E-state index in [0.717, 1.165) is 30.3 Å². The Labute approximate surface area is 274 Å². The van der Waals surface area contributed by atoms with E-state index in [1.54, 1.807) is 24.1 Å². The number of pyridine rings is 1. The first-order valence-corrected chi connectivity index (χ1v) is 16.7. The molecular formula is C30H34F3N9O5S. The van der Waals surface area contributed by atoms with Crippen LogP contribution in [0.3, 0.4) is 0 Å². The number of hydrogen-bond donors (Lipinski definition) is 2. The summed E-state index contributed by atoms with van der Waals surface area (Å²) in [4.78, 5) is 35.2. The van der Waals surface area contributed by atoms with Gasteiger partial charge in [-0.25, -0.2) is 28.2 Å². The summed E-state index contributed by atoms with van der Waals surface area (Å²) in [5.74, 6) is 0.171. The quantitative estimate of drug-likeness (QED) is 0.255. The molecule has 256 valence electrons. The number of sulfone groups is 1. The zero-order chi connectivity index (χ0) is 34.9. The first kappa shape index (κ1) is 34.6. The Hall–Kier alpha value is -4.71. The Morgan fingerprint density at radius 2 is 1.77 bits per heavy atom. The van der Waals surface area contributed by atoms with Crippen molar-refractivity contribution in [1.82, 2.24) is 34.7 Å². The molecule has 5 rings (SSSR count). The third-order valence-electron chi connectivity index (χ3n) is 7.54. The average Bonchev–Trinajstić information content (AvgIpc) is 3.46. The Morgan fingerprint density at radius 1 is 1.04 bits per heavy atom. The van der Waals surface area contributed by atoms with Gasteiger partial charge in [0.2, 0.25) is 5.95 Å². The normalized spacial score (nSPS) is 17.2. The van der Waals surface area contributed by atoms with Gasteiger partial charge in [0.05, 0.1) is 40.5 Å². The first-order chi connectivity index (χ1) is 22.5. The molecule has 2 N–H and O–H groups in total. The Morgan fingerprint density at radius 3 is 2.35 bits per heavy atom. The molecular weight excluding hydrogens is 655 g/mol. The highest BCUT2D eigenvalue weighted by molar-refractivity contribution is 7.90. The number of halogens is 3. The maximum atomic E-state index is 13.9. The van der Waals surface area contributed by atoms with E-state index in [2.05, 4.69) is 35.3 Å². The summed E-state index contributed by atoms with van der Waals surface area (Å²) in [6, 6.07) is 0.455. The van der Waals surface area contributed by atoms with E-state index in [1.807, 2.05) is 0 Å². The van der Waals surface area contributed by atoms with Gasteiger partial charge in [-0.1, -0.05) is 0 Å². The van der Waals surface area contributed by atoms with Crippen molar-refractivity contribution in [3.63, 3.8) is 0 Å². The highest BCUT2D eigenvalue weighted by Crippen LogP contribution is 2.37. The van der Waals surface area contributed by atoms with E-state index in [1.165, 1.54) is 31.1 Å². The predicted octanol–water partition coefficient (Wildman–Crippen LogP) is 4.29. The van der Waals surface area contributed by atoms with Crippen molar-refractivity contribution >= 4 is 27.7 Å². The van der Waals surface area contributed by atoms with Crippen molar-refractivity contribution in [2.45, 2.75) is 68.3 Å². The van der Waals surface area contributed by atoms with Gasteiger partial charge in [-0.2, -0.15) is 18.3 Å². The molecule has 1 aliphatic carbocycles. The number of carbonyl (C=O) groups is 1. The molecule has 0 atom stereocenters. The fraction of sp³-hybridized carbons (Fsp3) is 0.433. The second-order valence-electron chi connectivity index (χ2n) is 12.2. The molecule has 1 amide bonds. The fourth-order valence-electron chi connectivity index (χ4n) is 5.18. The van der Waals surface area contributed by atoms with Gasteiger partial charge in [0.1, 0.15) is 12.2 Å². The second-order valence-corrected chi connectivity index (χ2v) is 14.2. The van der Waals surface area contributed by atoms with Crippen molar-refractivity contribution in [3.8, 4) is 22.5 Å². The van der Waals surface area contributed by atoms with E-state index < -0.39 is 39.0 Å². The number of nitrogens with zero attached hydrogens (tertiary/aromatic N) is 8. The Balaban J connectivity index is 1.34. The molecule has 1 saturated carbocycles. The lowest BCUT2D eigenvalue weighted by Crippen LogP contribution is -2.46. The van der Waals surface area contributed by atoms with E-state index in [9.17, 15) is 31.5 Å². The number of rotatable bonds is 9. The SMILES string of the molecule is Cn1cc(-c2cnc(N(C(=O)OCC(C)(C)O)C3CCC(Nc4ncc(C(F)(F)F)c(-c5cncc(S(C)(=O)=O)c5)n4)CC3)cn2)cn1. The zero-order valence-electron chi connectivity index (χ0n) is 26.5. The number of ether oxygens (including phenoxy) is 1. The van der Waals surface area contributed by atoms with Crippen molar-refractivity contribution < 1.29 is 36.2 Å². The summed E-state index contributed by atoms with van der Waals surface area (Å²) in [7, 11) is -1.97. The second kappa shape index (κ2) is 13.4. The third kappa shape index (κ3) is 8.41. The zero-order valence-corrected chi connectivity index (χ0v) is 27.3. The lowest BCUT2D eigenvalue weighted by Gasteiger charge is -2.36. The van der Waals surface area contributed by atoms with Crippen molar-refractivity contribution in [2.75, 3.05) is 23.1 Å². The van der Waals surface area contributed by atoms with Crippen LogP contribution < -0.4 is 10.2 Å². The number of aryl methyl sites for hydroxylation is 1. The van der Waals surface area contributed by atoms with Gasteiger partial charge in [-0.05, 0) is 45.6 Å². The van der Waals surface area contributed by atoms with Gasteiger partial charge in [0.25, 0.3) is 0 Å². The highest BCUT2D eigenvalue weighted by Gasteiger charge is 2.37. The summed E-state index contributed by atoms with van der Waals surface area (Å²) >= 11 is 0. The first-order valence-electron chi connectivity index (χ1n) is 14.8. The maximum absolute atomic E-state index is 13.9. The fourth-order valence-corrected chi connectivity index (χ4v) is 5.77. The largest absolute Gasteiger partial charge is 0.446 e. The van der Waals surface area contributed by atoms with Crippen LogP contribution in [-0.2, 0) is 27.8 Å². The number of aliphatic hydroxyl groups is 1. The molecule has 14 nitrogen and oxygen atoms in total. The Bertz CT molecular complexity index is 1870. The van der Waals surface area contributed by atoms with Crippen LogP contribution in [0.2, 0.25) is 0 Å². The number of carbonyl (C=O) groups excluding carboxylic acids is 1. The summed E-state index contributed by atoms with van der Waals surface area (Å²) in [5, 5.41) is 17.3. The van der Waals surface area contributed by atoms with Crippen LogP contribution in [0.15, 0.2) is 54.3 Å². The number of aromatic nitrogens is 7. The van der Waals surface area contributed by atoms with E-state index in [-0.39, 0.29) is 40.9 Å². The van der Waals surface area contributed by atoms with E-state index in [0.29, 0.717) is 37.6 Å².